The van der Waals surface area contributed by atoms with E-state index < -0.39 is 0 Å². The number of carbonyl (C=O) groups is 1. The van der Waals surface area contributed by atoms with E-state index in [2.05, 4.69) is 27.5 Å². The molecule has 0 unspecified atom stereocenters. The minimum Gasteiger partial charge on any atom is -0.354 e. The summed E-state index contributed by atoms with van der Waals surface area (Å²) in [6.45, 7) is 4.84. The summed E-state index contributed by atoms with van der Waals surface area (Å²) in [5.74, 6) is -0.238. The molecule has 0 aliphatic carbocycles. The number of anilines is 1. The Bertz CT molecular complexity index is 690. The van der Waals surface area contributed by atoms with Gasteiger partial charge in [0, 0.05) is 24.3 Å². The molecule has 128 valence electrons. The number of aryl methyl sites for hydroxylation is 1. The maximum Gasteiger partial charge on any atom is 0.270 e. The van der Waals surface area contributed by atoms with Crippen LogP contribution in [0, 0.1) is 12.7 Å². The van der Waals surface area contributed by atoms with Gasteiger partial charge in [-0.15, -0.1) is 0 Å². The molecule has 2 N–H and O–H groups in total. The van der Waals surface area contributed by atoms with Crippen LogP contribution in [0.4, 0.5) is 10.3 Å². The fourth-order valence-corrected chi connectivity index (χ4v) is 2.25. The van der Waals surface area contributed by atoms with Crippen molar-refractivity contribution in [3.8, 4) is 0 Å². The molecule has 1 amide bonds. The van der Waals surface area contributed by atoms with Gasteiger partial charge < -0.3 is 10.6 Å². The Kier molecular flexibility index (Phi) is 6.66. The number of rotatable bonds is 8. The number of halogens is 1. The van der Waals surface area contributed by atoms with Gasteiger partial charge in [0.2, 0.25) is 5.95 Å². The zero-order chi connectivity index (χ0) is 17.4. The largest absolute Gasteiger partial charge is 0.354 e. The number of aromatic nitrogens is 2. The Morgan fingerprint density at radius 3 is 2.75 bits per heavy atom. The maximum absolute atomic E-state index is 13.6. The number of nitrogens with zero attached hydrogens (tertiary/aromatic N) is 2. The first-order chi connectivity index (χ1) is 11.6. The average Bonchev–Trinajstić information content (AvgIpc) is 2.57. The van der Waals surface area contributed by atoms with Crippen molar-refractivity contribution >= 4 is 11.9 Å². The summed E-state index contributed by atoms with van der Waals surface area (Å²) in [6, 6.07) is 7.98. The Labute approximate surface area is 141 Å². The minimum atomic E-state index is -0.347. The van der Waals surface area contributed by atoms with E-state index in [4.69, 9.17) is 0 Å². The lowest BCUT2D eigenvalue weighted by molar-refractivity contribution is 0.0945. The highest BCUT2D eigenvalue weighted by molar-refractivity contribution is 5.92. The third kappa shape index (κ3) is 5.30. The van der Waals surface area contributed by atoms with Gasteiger partial charge in [-0.3, -0.25) is 4.79 Å². The predicted molar refractivity (Wildman–Crippen MR) is 92.4 cm³/mol. The second-order valence-corrected chi connectivity index (χ2v) is 5.63. The smallest absolute Gasteiger partial charge is 0.270 e. The molecule has 2 aromatic rings. The second-order valence-electron chi connectivity index (χ2n) is 5.63. The van der Waals surface area contributed by atoms with Crippen LogP contribution in [0.3, 0.4) is 0 Å². The number of unbranched alkanes of at least 4 members (excludes halogenated alkanes) is 2. The fourth-order valence-electron chi connectivity index (χ4n) is 2.25. The second kappa shape index (κ2) is 8.96. The van der Waals surface area contributed by atoms with Gasteiger partial charge in [-0.05, 0) is 25.5 Å². The zero-order valence-corrected chi connectivity index (χ0v) is 14.1. The molecule has 1 heterocycles. The first-order valence-corrected chi connectivity index (χ1v) is 8.21. The highest BCUT2D eigenvalue weighted by atomic mass is 19.1. The molecule has 0 fully saturated rings. The standard InChI is InChI=1S/C18H23FN4O/c1-3-4-7-10-20-18-22-13(2)11-16(23-18)17(24)21-12-14-8-5-6-9-15(14)19/h5-6,8-9,11H,3-4,7,10,12H2,1-2H3,(H,21,24)(H,20,22,23). The molecule has 0 saturated carbocycles. The Balaban J connectivity index is 1.98. The van der Waals surface area contributed by atoms with Crippen molar-refractivity contribution in [1.82, 2.24) is 15.3 Å². The van der Waals surface area contributed by atoms with Crippen LogP contribution in [0.1, 0.15) is 47.9 Å². The normalized spacial score (nSPS) is 10.5. The summed E-state index contributed by atoms with van der Waals surface area (Å²) in [4.78, 5) is 20.8. The molecule has 0 aliphatic heterocycles. The highest BCUT2D eigenvalue weighted by Crippen LogP contribution is 2.08. The lowest BCUT2D eigenvalue weighted by Crippen LogP contribution is -2.25. The predicted octanol–water partition coefficient (Wildman–Crippen LogP) is 3.46. The van der Waals surface area contributed by atoms with Gasteiger partial charge in [0.15, 0.2) is 0 Å². The van der Waals surface area contributed by atoms with E-state index in [1.165, 1.54) is 6.07 Å². The van der Waals surface area contributed by atoms with Crippen LogP contribution in [0.15, 0.2) is 30.3 Å². The van der Waals surface area contributed by atoms with Gasteiger partial charge in [0.1, 0.15) is 11.5 Å². The van der Waals surface area contributed by atoms with Gasteiger partial charge >= 0.3 is 0 Å². The number of nitrogens with one attached hydrogen (secondary N) is 2. The summed E-state index contributed by atoms with van der Waals surface area (Å²) >= 11 is 0. The molecule has 6 heteroatoms. The van der Waals surface area contributed by atoms with Crippen molar-refractivity contribution in [1.29, 1.82) is 0 Å². The first kappa shape index (κ1) is 17.8. The van der Waals surface area contributed by atoms with Crippen LogP contribution >= 0.6 is 0 Å². The fraction of sp³-hybridized carbons (Fsp3) is 0.389. The average molecular weight is 330 g/mol. The Morgan fingerprint density at radius 2 is 2.00 bits per heavy atom. The van der Waals surface area contributed by atoms with Crippen molar-refractivity contribution in [2.75, 3.05) is 11.9 Å². The third-order valence-corrected chi connectivity index (χ3v) is 3.55. The lowest BCUT2D eigenvalue weighted by Gasteiger charge is -2.09. The zero-order valence-electron chi connectivity index (χ0n) is 14.1. The van der Waals surface area contributed by atoms with Crippen molar-refractivity contribution in [2.24, 2.45) is 0 Å². The molecule has 0 aliphatic rings. The van der Waals surface area contributed by atoms with E-state index in [1.807, 2.05) is 6.92 Å². The van der Waals surface area contributed by atoms with Crippen LogP contribution in [-0.2, 0) is 6.54 Å². The van der Waals surface area contributed by atoms with Gasteiger partial charge in [0.05, 0.1) is 0 Å². The van der Waals surface area contributed by atoms with Crippen molar-refractivity contribution in [3.05, 3.63) is 53.1 Å². The summed E-state index contributed by atoms with van der Waals surface area (Å²) in [5, 5.41) is 5.83. The molecule has 0 radical (unpaired) electrons. The molecule has 0 bridgehead atoms. The third-order valence-electron chi connectivity index (χ3n) is 3.55. The van der Waals surface area contributed by atoms with Crippen molar-refractivity contribution in [3.63, 3.8) is 0 Å². The number of hydrogen-bond acceptors (Lipinski definition) is 4. The minimum absolute atomic E-state index is 0.119. The molecular weight excluding hydrogens is 307 g/mol. The lowest BCUT2D eigenvalue weighted by atomic mass is 10.2. The quantitative estimate of drug-likeness (QED) is 0.728. The van der Waals surface area contributed by atoms with Gasteiger partial charge in [0.25, 0.3) is 5.91 Å². The summed E-state index contributed by atoms with van der Waals surface area (Å²) < 4.78 is 13.6. The molecule has 5 nitrogen and oxygen atoms in total. The van der Waals surface area contributed by atoms with E-state index in [1.54, 1.807) is 24.3 Å². The molecule has 0 atom stereocenters. The Morgan fingerprint density at radius 1 is 1.21 bits per heavy atom. The molecule has 1 aromatic carbocycles. The first-order valence-electron chi connectivity index (χ1n) is 8.21. The van der Waals surface area contributed by atoms with Gasteiger partial charge in [-0.25, -0.2) is 14.4 Å². The highest BCUT2D eigenvalue weighted by Gasteiger charge is 2.11. The molecule has 1 aromatic heterocycles. The molecule has 24 heavy (non-hydrogen) atoms. The number of carbonyl (C=O) groups excluding carboxylic acids is 1. The van der Waals surface area contributed by atoms with Crippen LogP contribution in [0.2, 0.25) is 0 Å². The van der Waals surface area contributed by atoms with Crippen LogP contribution < -0.4 is 10.6 Å². The van der Waals surface area contributed by atoms with E-state index in [9.17, 15) is 9.18 Å². The summed E-state index contributed by atoms with van der Waals surface area (Å²) in [6.07, 6.45) is 3.30. The topological polar surface area (TPSA) is 66.9 Å². The summed E-state index contributed by atoms with van der Waals surface area (Å²) in [7, 11) is 0. The summed E-state index contributed by atoms with van der Waals surface area (Å²) in [5.41, 5.74) is 1.42. The van der Waals surface area contributed by atoms with Crippen LogP contribution in [0.5, 0.6) is 0 Å². The molecule has 0 saturated heterocycles. The van der Waals surface area contributed by atoms with E-state index in [0.29, 0.717) is 17.2 Å². The maximum atomic E-state index is 13.6. The van der Waals surface area contributed by atoms with Crippen LogP contribution in [-0.4, -0.2) is 22.4 Å². The van der Waals surface area contributed by atoms with Gasteiger partial charge in [-0.2, -0.15) is 0 Å². The molecule has 2 rings (SSSR count). The van der Waals surface area contributed by atoms with E-state index in [0.717, 1.165) is 25.8 Å². The molecular formula is C18H23FN4O. The monoisotopic (exact) mass is 330 g/mol. The Hall–Kier alpha value is -2.50. The number of hydrogen-bond donors (Lipinski definition) is 2. The van der Waals surface area contributed by atoms with E-state index in [-0.39, 0.29) is 24.0 Å². The van der Waals surface area contributed by atoms with Gasteiger partial charge in [-0.1, -0.05) is 38.0 Å². The van der Waals surface area contributed by atoms with Crippen molar-refractivity contribution < 1.29 is 9.18 Å². The SMILES string of the molecule is CCCCCNc1nc(C)cc(C(=O)NCc2ccccc2F)n1. The number of amides is 1. The van der Waals surface area contributed by atoms with Crippen molar-refractivity contribution in [2.45, 2.75) is 39.7 Å². The molecule has 0 spiro atoms. The van der Waals surface area contributed by atoms with Crippen LogP contribution in [0.25, 0.3) is 0 Å². The van der Waals surface area contributed by atoms with E-state index >= 15 is 0 Å². The number of benzene rings is 1.